The Hall–Kier alpha value is -3.73. The van der Waals surface area contributed by atoms with E-state index in [9.17, 15) is 9.59 Å². The lowest BCUT2D eigenvalue weighted by Crippen LogP contribution is -2.27. The van der Waals surface area contributed by atoms with Crippen LogP contribution in [-0.2, 0) is 24.2 Å². The number of aryl methyl sites for hydroxylation is 4. The highest BCUT2D eigenvalue weighted by molar-refractivity contribution is 5.90. The van der Waals surface area contributed by atoms with E-state index in [1.807, 2.05) is 73.7 Å². The summed E-state index contributed by atoms with van der Waals surface area (Å²) in [5.74, 6) is -0.129. The quantitative estimate of drug-likeness (QED) is 0.486. The zero-order chi connectivity index (χ0) is 21.6. The molecule has 0 saturated heterocycles. The van der Waals surface area contributed by atoms with Crippen molar-refractivity contribution in [3.05, 3.63) is 106 Å². The number of benzene rings is 3. The average Bonchev–Trinajstić information content (AvgIpc) is 2.78. The summed E-state index contributed by atoms with van der Waals surface area (Å²) in [4.78, 5) is 30.2. The molecule has 0 radical (unpaired) electrons. The molecule has 0 aliphatic carbocycles. The maximum absolute atomic E-state index is 13.2. The number of hydrogen-bond donors (Lipinski definition) is 1. The highest BCUT2D eigenvalue weighted by Crippen LogP contribution is 2.13. The van der Waals surface area contributed by atoms with Crippen LogP contribution in [0.3, 0.4) is 0 Å². The SMILES string of the molecule is Cc1cccc(NC(=O)CCc2nc3ccccc3n(CCc3ccccc3)c2=O)c1. The second-order valence-corrected chi connectivity index (χ2v) is 7.66. The minimum atomic E-state index is -0.129. The van der Waals surface area contributed by atoms with E-state index in [0.29, 0.717) is 18.7 Å². The van der Waals surface area contributed by atoms with Crippen molar-refractivity contribution in [2.75, 3.05) is 5.32 Å². The molecule has 0 spiro atoms. The summed E-state index contributed by atoms with van der Waals surface area (Å²) < 4.78 is 1.78. The summed E-state index contributed by atoms with van der Waals surface area (Å²) in [6.07, 6.45) is 1.25. The number of carbonyl (C=O) groups is 1. The van der Waals surface area contributed by atoms with Gasteiger partial charge in [0.15, 0.2) is 0 Å². The number of hydrogen-bond acceptors (Lipinski definition) is 3. The fourth-order valence-electron chi connectivity index (χ4n) is 3.69. The number of nitrogens with one attached hydrogen (secondary N) is 1. The van der Waals surface area contributed by atoms with Gasteiger partial charge in [0.25, 0.3) is 5.56 Å². The van der Waals surface area contributed by atoms with Gasteiger partial charge < -0.3 is 9.88 Å². The lowest BCUT2D eigenvalue weighted by Gasteiger charge is -2.12. The lowest BCUT2D eigenvalue weighted by atomic mass is 10.1. The van der Waals surface area contributed by atoms with Gasteiger partial charge in [-0.1, -0.05) is 54.6 Å². The Morgan fingerprint density at radius 1 is 0.935 bits per heavy atom. The highest BCUT2D eigenvalue weighted by Gasteiger charge is 2.13. The molecule has 1 amide bonds. The van der Waals surface area contributed by atoms with Crippen LogP contribution in [-0.4, -0.2) is 15.5 Å². The largest absolute Gasteiger partial charge is 0.326 e. The minimum absolute atomic E-state index is 0.127. The first-order valence-corrected chi connectivity index (χ1v) is 10.5. The third-order valence-electron chi connectivity index (χ3n) is 5.28. The molecule has 0 saturated carbocycles. The number of fused-ring (bicyclic) bond motifs is 1. The van der Waals surface area contributed by atoms with Crippen molar-refractivity contribution >= 4 is 22.6 Å². The number of amides is 1. The predicted octanol–water partition coefficient (Wildman–Crippen LogP) is 4.52. The minimum Gasteiger partial charge on any atom is -0.326 e. The molecule has 4 aromatic rings. The fourth-order valence-corrected chi connectivity index (χ4v) is 3.69. The van der Waals surface area contributed by atoms with Crippen LogP contribution in [0.1, 0.15) is 23.2 Å². The van der Waals surface area contributed by atoms with Crippen molar-refractivity contribution in [2.45, 2.75) is 32.7 Å². The number of para-hydroxylation sites is 2. The summed E-state index contributed by atoms with van der Waals surface area (Å²) in [5, 5.41) is 2.90. The van der Waals surface area contributed by atoms with Crippen molar-refractivity contribution in [3.8, 4) is 0 Å². The van der Waals surface area contributed by atoms with Gasteiger partial charge in [0.05, 0.1) is 11.0 Å². The molecule has 4 rings (SSSR count). The maximum Gasteiger partial charge on any atom is 0.272 e. The summed E-state index contributed by atoms with van der Waals surface area (Å²) in [5.41, 5.74) is 4.89. The lowest BCUT2D eigenvalue weighted by molar-refractivity contribution is -0.116. The van der Waals surface area contributed by atoms with Crippen LogP contribution in [0.15, 0.2) is 83.7 Å². The zero-order valence-electron chi connectivity index (χ0n) is 17.5. The molecule has 31 heavy (non-hydrogen) atoms. The van der Waals surface area contributed by atoms with E-state index in [4.69, 9.17) is 0 Å². The van der Waals surface area contributed by atoms with E-state index >= 15 is 0 Å². The molecule has 0 atom stereocenters. The molecule has 5 heteroatoms. The van der Waals surface area contributed by atoms with Gasteiger partial charge in [0, 0.05) is 25.1 Å². The van der Waals surface area contributed by atoms with Crippen molar-refractivity contribution in [1.29, 1.82) is 0 Å². The zero-order valence-corrected chi connectivity index (χ0v) is 17.5. The monoisotopic (exact) mass is 411 g/mol. The smallest absolute Gasteiger partial charge is 0.272 e. The topological polar surface area (TPSA) is 64.0 Å². The third-order valence-corrected chi connectivity index (χ3v) is 5.28. The molecule has 1 heterocycles. The predicted molar refractivity (Wildman–Crippen MR) is 124 cm³/mol. The Morgan fingerprint density at radius 3 is 2.52 bits per heavy atom. The van der Waals surface area contributed by atoms with Gasteiger partial charge in [-0.15, -0.1) is 0 Å². The summed E-state index contributed by atoms with van der Waals surface area (Å²) in [7, 11) is 0. The number of aromatic nitrogens is 2. The number of nitrogens with zero attached hydrogens (tertiary/aromatic N) is 2. The molecule has 156 valence electrons. The van der Waals surface area contributed by atoms with E-state index in [-0.39, 0.29) is 17.9 Å². The first-order chi connectivity index (χ1) is 15.1. The molecule has 1 aromatic heterocycles. The number of rotatable bonds is 7. The normalized spacial score (nSPS) is 10.9. The average molecular weight is 412 g/mol. The fraction of sp³-hybridized carbons (Fsp3) is 0.192. The maximum atomic E-state index is 13.2. The highest BCUT2D eigenvalue weighted by atomic mass is 16.1. The number of anilines is 1. The van der Waals surface area contributed by atoms with E-state index in [1.54, 1.807) is 4.57 Å². The molecular weight excluding hydrogens is 386 g/mol. The molecule has 0 aliphatic heterocycles. The van der Waals surface area contributed by atoms with E-state index in [2.05, 4.69) is 22.4 Å². The van der Waals surface area contributed by atoms with Crippen LogP contribution in [0.4, 0.5) is 5.69 Å². The van der Waals surface area contributed by atoms with Gasteiger partial charge in [-0.2, -0.15) is 0 Å². The van der Waals surface area contributed by atoms with Crippen LogP contribution in [0.2, 0.25) is 0 Å². The van der Waals surface area contributed by atoms with Crippen molar-refractivity contribution in [1.82, 2.24) is 9.55 Å². The number of carbonyl (C=O) groups excluding carboxylic acids is 1. The summed E-state index contributed by atoms with van der Waals surface area (Å²) in [6, 6.07) is 25.4. The van der Waals surface area contributed by atoms with Gasteiger partial charge in [-0.25, -0.2) is 4.98 Å². The molecule has 5 nitrogen and oxygen atoms in total. The van der Waals surface area contributed by atoms with Gasteiger partial charge in [0.1, 0.15) is 5.69 Å². The Labute approximate surface area is 181 Å². The van der Waals surface area contributed by atoms with Crippen LogP contribution >= 0.6 is 0 Å². The van der Waals surface area contributed by atoms with Crippen LogP contribution in [0.5, 0.6) is 0 Å². The first-order valence-electron chi connectivity index (χ1n) is 10.5. The Kier molecular flexibility index (Phi) is 6.22. The third kappa shape index (κ3) is 5.07. The second-order valence-electron chi connectivity index (χ2n) is 7.66. The standard InChI is InChI=1S/C26H25N3O2/c1-19-8-7-11-21(18-19)27-25(30)15-14-23-26(31)29(17-16-20-9-3-2-4-10-20)24-13-6-5-12-22(24)28-23/h2-13,18H,14-17H2,1H3,(H,27,30). The van der Waals surface area contributed by atoms with E-state index in [1.165, 1.54) is 5.56 Å². The van der Waals surface area contributed by atoms with Crippen LogP contribution in [0.25, 0.3) is 11.0 Å². The molecule has 0 fully saturated rings. The summed E-state index contributed by atoms with van der Waals surface area (Å²) in [6.45, 7) is 2.54. The van der Waals surface area contributed by atoms with Gasteiger partial charge in [0.2, 0.25) is 5.91 Å². The van der Waals surface area contributed by atoms with E-state index in [0.717, 1.165) is 28.7 Å². The summed E-state index contributed by atoms with van der Waals surface area (Å²) >= 11 is 0. The molecule has 1 N–H and O–H groups in total. The Balaban J connectivity index is 1.54. The molecular formula is C26H25N3O2. The molecule has 0 unspecified atom stereocenters. The van der Waals surface area contributed by atoms with Crippen LogP contribution in [0, 0.1) is 6.92 Å². The Morgan fingerprint density at radius 2 is 1.71 bits per heavy atom. The second kappa shape index (κ2) is 9.39. The van der Waals surface area contributed by atoms with Crippen molar-refractivity contribution in [2.24, 2.45) is 0 Å². The van der Waals surface area contributed by atoms with Gasteiger partial charge in [-0.3, -0.25) is 9.59 Å². The van der Waals surface area contributed by atoms with Crippen molar-refractivity contribution < 1.29 is 4.79 Å². The Bertz CT molecular complexity index is 1260. The van der Waals surface area contributed by atoms with Crippen LogP contribution < -0.4 is 10.9 Å². The molecule has 0 aliphatic rings. The first kappa shape index (κ1) is 20.5. The van der Waals surface area contributed by atoms with E-state index < -0.39 is 0 Å². The van der Waals surface area contributed by atoms with Crippen molar-refractivity contribution in [3.63, 3.8) is 0 Å². The molecule has 0 bridgehead atoms. The van der Waals surface area contributed by atoms with Gasteiger partial charge >= 0.3 is 0 Å². The molecule has 3 aromatic carbocycles. The van der Waals surface area contributed by atoms with Gasteiger partial charge in [-0.05, 0) is 48.7 Å².